The molecule has 0 atom stereocenters. The van der Waals surface area contributed by atoms with E-state index in [1.54, 1.807) is 24.3 Å². The second-order valence-electron chi connectivity index (χ2n) is 5.12. The van der Waals surface area contributed by atoms with Crippen LogP contribution in [0, 0.1) is 0 Å². The molecule has 0 unspecified atom stereocenters. The fraction of sp³-hybridized carbons (Fsp3) is 0.385. The lowest BCUT2D eigenvalue weighted by Crippen LogP contribution is -2.52. The van der Waals surface area contributed by atoms with Crippen LogP contribution in [0.1, 0.15) is 20.8 Å². The van der Waals surface area contributed by atoms with Gasteiger partial charge in [0, 0.05) is 10.6 Å². The van der Waals surface area contributed by atoms with Gasteiger partial charge in [-0.05, 0) is 57.3 Å². The highest BCUT2D eigenvalue weighted by atomic mass is 35.5. The van der Waals surface area contributed by atoms with Gasteiger partial charge in [0.25, 0.3) is 5.91 Å². The predicted octanol–water partition coefficient (Wildman–Crippen LogP) is 2.01. The zero-order chi connectivity index (χ0) is 15.2. The highest BCUT2D eigenvalue weighted by Crippen LogP contribution is 2.15. The van der Waals surface area contributed by atoms with Gasteiger partial charge < -0.3 is 10.1 Å². The van der Waals surface area contributed by atoms with Crippen LogP contribution in [0.5, 0.6) is 5.75 Å². The molecular formula is C13H18ClN3O2S. The molecule has 110 valence electrons. The summed E-state index contributed by atoms with van der Waals surface area (Å²) in [5.74, 6) is 0.234. The Morgan fingerprint density at radius 2 is 1.85 bits per heavy atom. The molecule has 0 saturated carbocycles. The average molecular weight is 316 g/mol. The maximum absolute atomic E-state index is 11.5. The van der Waals surface area contributed by atoms with Crippen molar-refractivity contribution in [2.75, 3.05) is 6.61 Å². The van der Waals surface area contributed by atoms with E-state index in [1.165, 1.54) is 0 Å². The van der Waals surface area contributed by atoms with Gasteiger partial charge in [0.1, 0.15) is 5.75 Å². The Kier molecular flexibility index (Phi) is 6.04. The molecule has 1 aromatic rings. The third kappa shape index (κ3) is 7.16. The molecule has 7 heteroatoms. The van der Waals surface area contributed by atoms with Crippen LogP contribution in [0.2, 0.25) is 5.02 Å². The number of nitrogens with one attached hydrogen (secondary N) is 3. The first-order valence-corrected chi connectivity index (χ1v) is 6.80. The lowest BCUT2D eigenvalue weighted by Gasteiger charge is -2.23. The van der Waals surface area contributed by atoms with Gasteiger partial charge in [-0.25, -0.2) is 0 Å². The summed E-state index contributed by atoms with van der Waals surface area (Å²) in [6.07, 6.45) is 0. The lowest BCUT2D eigenvalue weighted by molar-refractivity contribution is -0.123. The van der Waals surface area contributed by atoms with Crippen LogP contribution in [0.3, 0.4) is 0 Å². The predicted molar refractivity (Wildman–Crippen MR) is 83.7 cm³/mol. The van der Waals surface area contributed by atoms with Crippen molar-refractivity contribution < 1.29 is 9.53 Å². The topological polar surface area (TPSA) is 62.4 Å². The molecule has 0 aromatic heterocycles. The van der Waals surface area contributed by atoms with Crippen molar-refractivity contribution in [3.8, 4) is 5.75 Å². The number of hydrogen-bond donors (Lipinski definition) is 3. The summed E-state index contributed by atoms with van der Waals surface area (Å²) < 4.78 is 5.28. The van der Waals surface area contributed by atoms with Crippen LogP contribution in [-0.2, 0) is 4.79 Å². The molecule has 0 fully saturated rings. The molecule has 5 nitrogen and oxygen atoms in total. The fourth-order valence-corrected chi connectivity index (χ4v) is 1.70. The number of carbonyl (C=O) groups excluding carboxylic acids is 1. The summed E-state index contributed by atoms with van der Waals surface area (Å²) in [6.45, 7) is 5.78. The molecule has 0 radical (unpaired) electrons. The Bertz CT molecular complexity index is 471. The van der Waals surface area contributed by atoms with Crippen LogP contribution >= 0.6 is 23.8 Å². The summed E-state index contributed by atoms with van der Waals surface area (Å²) in [5.41, 5.74) is 4.87. The molecule has 1 rings (SSSR count). The second-order valence-corrected chi connectivity index (χ2v) is 5.96. The first-order valence-electron chi connectivity index (χ1n) is 6.01. The quantitative estimate of drug-likeness (QED) is 0.588. The molecule has 0 heterocycles. The van der Waals surface area contributed by atoms with E-state index in [4.69, 9.17) is 28.6 Å². The summed E-state index contributed by atoms with van der Waals surface area (Å²) in [5, 5.41) is 3.96. The highest BCUT2D eigenvalue weighted by Gasteiger charge is 2.11. The molecule has 0 saturated heterocycles. The smallest absolute Gasteiger partial charge is 0.276 e. The van der Waals surface area contributed by atoms with Gasteiger partial charge in [0.05, 0.1) is 0 Å². The molecule has 1 amide bonds. The summed E-state index contributed by atoms with van der Waals surface area (Å²) >= 11 is 10.8. The minimum atomic E-state index is -0.335. The van der Waals surface area contributed by atoms with E-state index in [9.17, 15) is 4.79 Å². The van der Waals surface area contributed by atoms with Gasteiger partial charge in [-0.15, -0.1) is 0 Å². The van der Waals surface area contributed by atoms with E-state index in [1.807, 2.05) is 20.8 Å². The molecule has 3 N–H and O–H groups in total. The van der Waals surface area contributed by atoms with Crippen LogP contribution in [-0.4, -0.2) is 23.2 Å². The van der Waals surface area contributed by atoms with E-state index in [-0.39, 0.29) is 18.1 Å². The monoisotopic (exact) mass is 315 g/mol. The van der Waals surface area contributed by atoms with Crippen molar-refractivity contribution >= 4 is 34.8 Å². The number of ether oxygens (including phenoxy) is 1. The first-order chi connectivity index (χ1) is 9.26. The standard InChI is InChI=1S/C13H18ClN3O2S/c1-13(2,3)15-12(20)17-16-11(18)8-19-10-6-4-9(14)5-7-10/h4-7H,8H2,1-3H3,(H,16,18)(H2,15,17,20). The molecule has 0 aliphatic rings. The molecule has 0 spiro atoms. The summed E-state index contributed by atoms with van der Waals surface area (Å²) in [6, 6.07) is 6.76. The maximum atomic E-state index is 11.5. The van der Waals surface area contributed by atoms with Crippen LogP contribution in [0.15, 0.2) is 24.3 Å². The normalized spacial score (nSPS) is 10.6. The highest BCUT2D eigenvalue weighted by molar-refractivity contribution is 7.80. The van der Waals surface area contributed by atoms with E-state index >= 15 is 0 Å². The molecule has 0 aliphatic heterocycles. The summed E-state index contributed by atoms with van der Waals surface area (Å²) in [7, 11) is 0. The van der Waals surface area contributed by atoms with Crippen molar-refractivity contribution in [2.45, 2.75) is 26.3 Å². The first kappa shape index (κ1) is 16.5. The summed E-state index contributed by atoms with van der Waals surface area (Å²) in [4.78, 5) is 11.5. The van der Waals surface area contributed by atoms with E-state index in [2.05, 4.69) is 16.2 Å². The van der Waals surface area contributed by atoms with Gasteiger partial charge in [0.2, 0.25) is 0 Å². The van der Waals surface area contributed by atoms with Crippen molar-refractivity contribution in [1.29, 1.82) is 0 Å². The van der Waals surface area contributed by atoms with Crippen LogP contribution in [0.4, 0.5) is 0 Å². The Morgan fingerprint density at radius 1 is 1.25 bits per heavy atom. The molecular weight excluding hydrogens is 298 g/mol. The SMILES string of the molecule is CC(C)(C)NC(=S)NNC(=O)COc1ccc(Cl)cc1. The molecule has 20 heavy (non-hydrogen) atoms. The average Bonchev–Trinajstić information content (AvgIpc) is 2.33. The Labute approximate surface area is 129 Å². The minimum absolute atomic E-state index is 0.118. The number of rotatable bonds is 3. The van der Waals surface area contributed by atoms with Crippen LogP contribution < -0.4 is 20.9 Å². The number of hydrazine groups is 1. The third-order valence-electron chi connectivity index (χ3n) is 1.99. The van der Waals surface area contributed by atoms with Crippen LogP contribution in [0.25, 0.3) is 0 Å². The van der Waals surface area contributed by atoms with Crippen molar-refractivity contribution in [3.05, 3.63) is 29.3 Å². The molecule has 0 aliphatic carbocycles. The van der Waals surface area contributed by atoms with E-state index in [0.717, 1.165) is 0 Å². The number of thiocarbonyl (C=S) groups is 1. The minimum Gasteiger partial charge on any atom is -0.484 e. The number of halogens is 1. The maximum Gasteiger partial charge on any atom is 0.276 e. The zero-order valence-corrected chi connectivity index (χ0v) is 13.2. The van der Waals surface area contributed by atoms with Gasteiger partial charge >= 0.3 is 0 Å². The van der Waals surface area contributed by atoms with E-state index < -0.39 is 0 Å². The van der Waals surface area contributed by atoms with Gasteiger partial charge in [-0.1, -0.05) is 11.6 Å². The van der Waals surface area contributed by atoms with Crippen molar-refractivity contribution in [1.82, 2.24) is 16.2 Å². The Morgan fingerprint density at radius 3 is 2.40 bits per heavy atom. The third-order valence-corrected chi connectivity index (χ3v) is 2.44. The Hall–Kier alpha value is -1.53. The second kappa shape index (κ2) is 7.31. The molecule has 1 aromatic carbocycles. The van der Waals surface area contributed by atoms with Gasteiger partial charge in [-0.3, -0.25) is 15.6 Å². The molecule has 0 bridgehead atoms. The number of carbonyl (C=O) groups is 1. The van der Waals surface area contributed by atoms with Gasteiger partial charge in [0.15, 0.2) is 11.7 Å². The fourth-order valence-electron chi connectivity index (χ4n) is 1.21. The number of amides is 1. The number of benzene rings is 1. The van der Waals surface area contributed by atoms with Gasteiger partial charge in [-0.2, -0.15) is 0 Å². The largest absolute Gasteiger partial charge is 0.484 e. The zero-order valence-electron chi connectivity index (χ0n) is 11.6. The lowest BCUT2D eigenvalue weighted by atomic mass is 10.1. The van der Waals surface area contributed by atoms with Crippen molar-refractivity contribution in [3.63, 3.8) is 0 Å². The number of hydrogen-bond acceptors (Lipinski definition) is 3. The van der Waals surface area contributed by atoms with Crippen molar-refractivity contribution in [2.24, 2.45) is 0 Å². The Balaban J connectivity index is 2.27. The van der Waals surface area contributed by atoms with E-state index in [0.29, 0.717) is 15.9 Å².